The summed E-state index contributed by atoms with van der Waals surface area (Å²) < 4.78 is 0. The second-order valence-electron chi connectivity index (χ2n) is 5.36. The molecule has 1 amide bonds. The average Bonchev–Trinajstić information content (AvgIpc) is 2.76. The molecule has 0 spiro atoms. The highest BCUT2D eigenvalue weighted by molar-refractivity contribution is 7.12. The van der Waals surface area contributed by atoms with E-state index in [2.05, 4.69) is 10.3 Å². The highest BCUT2D eigenvalue weighted by Crippen LogP contribution is 2.26. The molecule has 0 aliphatic rings. The van der Waals surface area contributed by atoms with Crippen molar-refractivity contribution >= 4 is 22.9 Å². The van der Waals surface area contributed by atoms with Crippen LogP contribution < -0.4 is 10.9 Å². The molecule has 0 aliphatic heterocycles. The predicted octanol–water partition coefficient (Wildman–Crippen LogP) is 2.76. The number of nitrogens with one attached hydrogen (secondary N) is 2. The third kappa shape index (κ3) is 3.48. The molecule has 0 aliphatic carbocycles. The van der Waals surface area contributed by atoms with E-state index in [1.807, 2.05) is 19.9 Å². The van der Waals surface area contributed by atoms with Crippen molar-refractivity contribution in [2.45, 2.75) is 33.7 Å². The Morgan fingerprint density at radius 2 is 2.00 bits per heavy atom. The van der Waals surface area contributed by atoms with Crippen molar-refractivity contribution < 1.29 is 9.72 Å². The Labute approximate surface area is 136 Å². The lowest BCUT2D eigenvalue weighted by atomic mass is 10.1. The van der Waals surface area contributed by atoms with Crippen molar-refractivity contribution in [1.82, 2.24) is 10.3 Å². The highest BCUT2D eigenvalue weighted by atomic mass is 32.1. The average molecular weight is 335 g/mol. The van der Waals surface area contributed by atoms with Crippen LogP contribution in [-0.2, 0) is 0 Å². The number of H-pyrrole nitrogens is 1. The third-order valence-corrected chi connectivity index (χ3v) is 4.44. The van der Waals surface area contributed by atoms with Gasteiger partial charge in [0, 0.05) is 15.4 Å². The van der Waals surface area contributed by atoms with Gasteiger partial charge in [0.25, 0.3) is 5.91 Å². The van der Waals surface area contributed by atoms with Crippen molar-refractivity contribution in [3.63, 3.8) is 0 Å². The molecule has 0 bridgehead atoms. The molecule has 2 heterocycles. The number of carbonyl (C=O) groups excluding carboxylic acids is 1. The number of nitrogens with zero attached hydrogens (tertiary/aromatic N) is 1. The van der Waals surface area contributed by atoms with Gasteiger partial charge in [-0.1, -0.05) is 0 Å². The molecule has 2 N–H and O–H groups in total. The van der Waals surface area contributed by atoms with E-state index >= 15 is 0 Å². The minimum atomic E-state index is -0.879. The van der Waals surface area contributed by atoms with Gasteiger partial charge in [-0.2, -0.15) is 0 Å². The topological polar surface area (TPSA) is 105 Å². The van der Waals surface area contributed by atoms with E-state index < -0.39 is 22.1 Å². The van der Waals surface area contributed by atoms with E-state index in [0.29, 0.717) is 5.69 Å². The first-order valence-electron chi connectivity index (χ1n) is 6.96. The van der Waals surface area contributed by atoms with Crippen LogP contribution in [0.4, 0.5) is 5.69 Å². The minimum Gasteiger partial charge on any atom is -0.345 e. The second kappa shape index (κ2) is 6.33. The zero-order chi connectivity index (χ0) is 17.3. The van der Waals surface area contributed by atoms with Gasteiger partial charge < -0.3 is 10.3 Å². The summed E-state index contributed by atoms with van der Waals surface area (Å²) in [5, 5.41) is 13.8. The van der Waals surface area contributed by atoms with Crippen molar-refractivity contribution in [2.75, 3.05) is 0 Å². The predicted molar refractivity (Wildman–Crippen MR) is 88.1 cm³/mol. The molecule has 0 saturated carbocycles. The van der Waals surface area contributed by atoms with Gasteiger partial charge in [0.2, 0.25) is 0 Å². The summed E-state index contributed by atoms with van der Waals surface area (Å²) in [5.41, 5.74) is -0.493. The molecule has 0 unspecified atom stereocenters. The molecule has 2 rings (SSSR count). The Balaban J connectivity index is 2.36. The first-order chi connectivity index (χ1) is 10.7. The Morgan fingerprint density at radius 1 is 1.35 bits per heavy atom. The number of rotatable bonds is 4. The Hall–Kier alpha value is -2.48. The lowest BCUT2D eigenvalue weighted by molar-refractivity contribution is -0.386. The number of aromatic nitrogens is 1. The van der Waals surface area contributed by atoms with Gasteiger partial charge in [0.05, 0.1) is 11.0 Å². The fraction of sp³-hybridized carbons (Fsp3) is 0.333. The number of amides is 1. The normalized spacial score (nSPS) is 12.0. The van der Waals surface area contributed by atoms with Gasteiger partial charge in [-0.05, 0) is 45.4 Å². The van der Waals surface area contributed by atoms with Crippen molar-refractivity contribution in [1.29, 1.82) is 0 Å². The van der Waals surface area contributed by atoms with Gasteiger partial charge in [0.15, 0.2) is 0 Å². The standard InChI is InChI=1S/C15H17N3O4S/c1-7-5-12(13(18(21)22)15(20)16-7)14(19)17-9(3)11-6-8(2)23-10(11)4/h5-6,9H,1-4H3,(H,16,20)(H,17,19)/t9-/m0/s1. The fourth-order valence-corrected chi connectivity index (χ4v) is 3.49. The number of aryl methyl sites for hydroxylation is 3. The van der Waals surface area contributed by atoms with Crippen molar-refractivity contribution in [3.8, 4) is 0 Å². The van der Waals surface area contributed by atoms with Crippen LogP contribution in [0.5, 0.6) is 0 Å². The zero-order valence-corrected chi connectivity index (χ0v) is 14.0. The van der Waals surface area contributed by atoms with E-state index in [4.69, 9.17) is 0 Å². The number of thiophene rings is 1. The molecule has 0 fully saturated rings. The summed E-state index contributed by atoms with van der Waals surface area (Å²) in [4.78, 5) is 38.9. The van der Waals surface area contributed by atoms with Gasteiger partial charge in [-0.3, -0.25) is 19.7 Å². The van der Waals surface area contributed by atoms with Gasteiger partial charge in [-0.15, -0.1) is 11.3 Å². The van der Waals surface area contributed by atoms with Gasteiger partial charge >= 0.3 is 11.2 Å². The van der Waals surface area contributed by atoms with Crippen LogP contribution in [-0.4, -0.2) is 15.8 Å². The van der Waals surface area contributed by atoms with Crippen LogP contribution in [0.25, 0.3) is 0 Å². The van der Waals surface area contributed by atoms with Crippen LogP contribution in [0, 0.1) is 30.9 Å². The maximum absolute atomic E-state index is 12.4. The lowest BCUT2D eigenvalue weighted by Gasteiger charge is -2.14. The molecule has 7 nitrogen and oxygen atoms in total. The maximum atomic E-state index is 12.4. The summed E-state index contributed by atoms with van der Waals surface area (Å²) in [5.74, 6) is -0.637. The SMILES string of the molecule is Cc1cc(C(=O)N[C@@H](C)c2cc(C)sc2C)c([N+](=O)[O-])c(=O)[nH]1. The Morgan fingerprint density at radius 3 is 2.52 bits per heavy atom. The molecular formula is C15H17N3O4S. The summed E-state index contributed by atoms with van der Waals surface area (Å²) in [6.45, 7) is 7.30. The highest BCUT2D eigenvalue weighted by Gasteiger charge is 2.26. The van der Waals surface area contributed by atoms with E-state index in [0.717, 1.165) is 15.3 Å². The maximum Gasteiger partial charge on any atom is 0.346 e. The molecular weight excluding hydrogens is 318 g/mol. The number of carbonyl (C=O) groups is 1. The first kappa shape index (κ1) is 16.9. The molecule has 0 saturated heterocycles. The molecule has 0 aromatic carbocycles. The fourth-order valence-electron chi connectivity index (χ4n) is 2.47. The molecule has 0 radical (unpaired) electrons. The monoisotopic (exact) mass is 335 g/mol. The van der Waals surface area contributed by atoms with Crippen molar-refractivity contribution in [2.24, 2.45) is 0 Å². The summed E-state index contributed by atoms with van der Waals surface area (Å²) in [6, 6.07) is 2.97. The molecule has 8 heteroatoms. The van der Waals surface area contributed by atoms with Crippen LogP contribution in [0.2, 0.25) is 0 Å². The third-order valence-electron chi connectivity index (χ3n) is 3.46. The summed E-state index contributed by atoms with van der Waals surface area (Å²) in [6.07, 6.45) is 0. The number of aromatic amines is 1. The summed E-state index contributed by atoms with van der Waals surface area (Å²) in [7, 11) is 0. The van der Waals surface area contributed by atoms with Gasteiger partial charge in [-0.25, -0.2) is 0 Å². The zero-order valence-electron chi connectivity index (χ0n) is 13.2. The second-order valence-corrected chi connectivity index (χ2v) is 6.83. The molecule has 2 aromatic rings. The molecule has 1 atom stereocenters. The quantitative estimate of drug-likeness (QED) is 0.662. The largest absolute Gasteiger partial charge is 0.346 e. The smallest absolute Gasteiger partial charge is 0.345 e. The number of pyridine rings is 1. The lowest BCUT2D eigenvalue weighted by Crippen LogP contribution is -2.29. The molecule has 23 heavy (non-hydrogen) atoms. The van der Waals surface area contributed by atoms with E-state index in [1.165, 1.54) is 6.07 Å². The number of hydrogen-bond donors (Lipinski definition) is 2. The summed E-state index contributed by atoms with van der Waals surface area (Å²) >= 11 is 1.62. The first-order valence-corrected chi connectivity index (χ1v) is 7.78. The van der Waals surface area contributed by atoms with Crippen LogP contribution in [0.3, 0.4) is 0 Å². The van der Waals surface area contributed by atoms with Crippen LogP contribution in [0.1, 0.15) is 44.3 Å². The van der Waals surface area contributed by atoms with Crippen LogP contribution in [0.15, 0.2) is 16.9 Å². The van der Waals surface area contributed by atoms with Crippen molar-refractivity contribution in [3.05, 3.63) is 59.2 Å². The minimum absolute atomic E-state index is 0.229. The number of hydrogen-bond acceptors (Lipinski definition) is 5. The van der Waals surface area contributed by atoms with E-state index in [9.17, 15) is 19.7 Å². The molecule has 122 valence electrons. The van der Waals surface area contributed by atoms with Crippen LogP contribution >= 0.6 is 11.3 Å². The Bertz CT molecular complexity index is 838. The Kier molecular flexibility index (Phi) is 4.65. The number of nitro groups is 1. The van der Waals surface area contributed by atoms with E-state index in [-0.39, 0.29) is 11.6 Å². The van der Waals surface area contributed by atoms with E-state index in [1.54, 1.807) is 25.2 Å². The van der Waals surface area contributed by atoms with Gasteiger partial charge in [0.1, 0.15) is 5.56 Å². The molecule has 2 aromatic heterocycles.